The summed E-state index contributed by atoms with van der Waals surface area (Å²) in [5, 5.41) is 5.96. The summed E-state index contributed by atoms with van der Waals surface area (Å²) in [6.45, 7) is 2.93. The van der Waals surface area contributed by atoms with E-state index < -0.39 is 0 Å². The van der Waals surface area contributed by atoms with Crippen molar-refractivity contribution in [1.29, 1.82) is 0 Å². The SMILES string of the molecule is Cc1nccnc1C1N=C2c3cnn(CCN)c3N=C(N)N2N1. The molecular weight excluding hydrogens is 296 g/mol. The molecule has 118 valence electrons. The summed E-state index contributed by atoms with van der Waals surface area (Å²) in [6, 6.07) is 0. The van der Waals surface area contributed by atoms with E-state index in [0.29, 0.717) is 30.7 Å². The Kier molecular flexibility index (Phi) is 3.06. The van der Waals surface area contributed by atoms with Gasteiger partial charge in [0.15, 0.2) is 17.8 Å². The first-order valence-corrected chi connectivity index (χ1v) is 7.21. The van der Waals surface area contributed by atoms with Crippen molar-refractivity contribution in [1.82, 2.24) is 30.2 Å². The Labute approximate surface area is 131 Å². The van der Waals surface area contributed by atoms with E-state index in [2.05, 4.69) is 30.5 Å². The number of hydrogen-bond acceptors (Lipinski definition) is 9. The van der Waals surface area contributed by atoms with Crippen molar-refractivity contribution in [3.05, 3.63) is 35.5 Å². The summed E-state index contributed by atoms with van der Waals surface area (Å²) >= 11 is 0. The van der Waals surface area contributed by atoms with Crippen LogP contribution in [0.5, 0.6) is 0 Å². The van der Waals surface area contributed by atoms with Crippen LogP contribution in [0.15, 0.2) is 28.6 Å². The van der Waals surface area contributed by atoms with Gasteiger partial charge in [-0.1, -0.05) is 0 Å². The monoisotopic (exact) mass is 312 g/mol. The first kappa shape index (κ1) is 13.8. The zero-order chi connectivity index (χ0) is 16.0. The molecular formula is C13H16N10. The molecule has 2 aliphatic rings. The number of nitrogens with two attached hydrogens (primary N) is 2. The van der Waals surface area contributed by atoms with E-state index in [9.17, 15) is 0 Å². The van der Waals surface area contributed by atoms with Gasteiger partial charge in [0, 0.05) is 18.9 Å². The van der Waals surface area contributed by atoms with Gasteiger partial charge < -0.3 is 11.5 Å². The van der Waals surface area contributed by atoms with Crippen LogP contribution in [0.2, 0.25) is 0 Å². The van der Waals surface area contributed by atoms with E-state index in [1.807, 2.05) is 6.92 Å². The molecule has 10 nitrogen and oxygen atoms in total. The Bertz CT molecular complexity index is 820. The van der Waals surface area contributed by atoms with Crippen LogP contribution in [0, 0.1) is 6.92 Å². The van der Waals surface area contributed by atoms with Gasteiger partial charge in [-0.15, -0.1) is 0 Å². The first-order valence-electron chi connectivity index (χ1n) is 7.21. The lowest BCUT2D eigenvalue weighted by Crippen LogP contribution is -2.48. The Hall–Kier alpha value is -2.85. The number of guanidine groups is 1. The van der Waals surface area contributed by atoms with Gasteiger partial charge in [0.05, 0.1) is 24.0 Å². The quantitative estimate of drug-likeness (QED) is 0.672. The van der Waals surface area contributed by atoms with E-state index >= 15 is 0 Å². The lowest BCUT2D eigenvalue weighted by Gasteiger charge is -2.23. The highest BCUT2D eigenvalue weighted by Crippen LogP contribution is 2.31. The highest BCUT2D eigenvalue weighted by atomic mass is 15.6. The molecule has 10 heteroatoms. The largest absolute Gasteiger partial charge is 0.368 e. The lowest BCUT2D eigenvalue weighted by atomic mass is 10.2. The van der Waals surface area contributed by atoms with Gasteiger partial charge in [-0.3, -0.25) is 9.97 Å². The van der Waals surface area contributed by atoms with Gasteiger partial charge in [0.25, 0.3) is 0 Å². The first-order chi connectivity index (χ1) is 11.2. The van der Waals surface area contributed by atoms with Gasteiger partial charge in [-0.05, 0) is 6.92 Å². The Balaban J connectivity index is 1.77. The van der Waals surface area contributed by atoms with Crippen LogP contribution in [-0.4, -0.2) is 43.1 Å². The van der Waals surface area contributed by atoms with Crippen molar-refractivity contribution < 1.29 is 0 Å². The molecule has 2 aliphatic heterocycles. The number of rotatable bonds is 3. The number of aryl methyl sites for hydroxylation is 1. The van der Waals surface area contributed by atoms with Gasteiger partial charge >= 0.3 is 0 Å². The second kappa shape index (κ2) is 5.11. The molecule has 4 rings (SSSR count). The molecule has 1 unspecified atom stereocenters. The smallest absolute Gasteiger partial charge is 0.219 e. The number of nitrogens with zero attached hydrogens (tertiary/aromatic N) is 7. The fourth-order valence-corrected chi connectivity index (χ4v) is 2.67. The second-order valence-corrected chi connectivity index (χ2v) is 5.21. The zero-order valence-corrected chi connectivity index (χ0v) is 12.5. The summed E-state index contributed by atoms with van der Waals surface area (Å²) in [6.07, 6.45) is 4.65. The zero-order valence-electron chi connectivity index (χ0n) is 12.5. The number of hydrazine groups is 1. The Morgan fingerprint density at radius 1 is 1.30 bits per heavy atom. The predicted molar refractivity (Wildman–Crippen MR) is 83.6 cm³/mol. The number of hydrogen-bond donors (Lipinski definition) is 3. The fraction of sp³-hybridized carbons (Fsp3) is 0.308. The van der Waals surface area contributed by atoms with Crippen molar-refractivity contribution in [3.8, 4) is 0 Å². The molecule has 0 spiro atoms. The number of amidine groups is 1. The molecule has 0 aliphatic carbocycles. The molecule has 2 aromatic rings. The third kappa shape index (κ3) is 2.07. The number of aliphatic imine (C=N–C) groups is 2. The van der Waals surface area contributed by atoms with E-state index in [0.717, 1.165) is 17.0 Å². The van der Waals surface area contributed by atoms with E-state index in [4.69, 9.17) is 11.5 Å². The van der Waals surface area contributed by atoms with Crippen molar-refractivity contribution in [2.75, 3.05) is 6.54 Å². The molecule has 0 saturated carbocycles. The molecule has 4 heterocycles. The highest BCUT2D eigenvalue weighted by molar-refractivity contribution is 6.14. The molecule has 5 N–H and O–H groups in total. The van der Waals surface area contributed by atoms with Crippen LogP contribution in [0.4, 0.5) is 5.82 Å². The molecule has 0 fully saturated rings. The summed E-state index contributed by atoms with van der Waals surface area (Å²) in [5.41, 5.74) is 17.2. The molecule has 1 atom stereocenters. The van der Waals surface area contributed by atoms with E-state index in [1.54, 1.807) is 28.3 Å². The Morgan fingerprint density at radius 3 is 2.91 bits per heavy atom. The van der Waals surface area contributed by atoms with Gasteiger partial charge in [-0.2, -0.15) is 15.5 Å². The molecule has 0 saturated heterocycles. The Morgan fingerprint density at radius 2 is 2.13 bits per heavy atom. The standard InChI is InChI=1S/C13H16N10/c1-7-9(17-4-3-16-7)10-19-12-8-6-18-22(5-2-14)11(8)20-13(15)23(12)21-10/h3-4,6,10,21H,2,5,14H2,1H3,(H2,15,20). The van der Waals surface area contributed by atoms with E-state index in [-0.39, 0.29) is 6.17 Å². The lowest BCUT2D eigenvalue weighted by molar-refractivity contribution is 0.406. The van der Waals surface area contributed by atoms with Crippen molar-refractivity contribution >= 4 is 17.6 Å². The maximum atomic E-state index is 6.06. The average molecular weight is 312 g/mol. The number of aromatic nitrogens is 4. The van der Waals surface area contributed by atoms with Crippen LogP contribution in [0.3, 0.4) is 0 Å². The van der Waals surface area contributed by atoms with Crippen molar-refractivity contribution in [3.63, 3.8) is 0 Å². The summed E-state index contributed by atoms with van der Waals surface area (Å²) in [4.78, 5) is 17.7. The topological polar surface area (TPSA) is 136 Å². The van der Waals surface area contributed by atoms with Crippen LogP contribution < -0.4 is 16.9 Å². The molecule has 0 bridgehead atoms. The van der Waals surface area contributed by atoms with Gasteiger partial charge in [0.2, 0.25) is 5.96 Å². The summed E-state index contributed by atoms with van der Waals surface area (Å²) in [7, 11) is 0. The van der Waals surface area contributed by atoms with Gasteiger partial charge in [-0.25, -0.2) is 14.7 Å². The highest BCUT2D eigenvalue weighted by Gasteiger charge is 2.36. The molecule has 23 heavy (non-hydrogen) atoms. The third-order valence-electron chi connectivity index (χ3n) is 3.74. The molecule has 0 amide bonds. The van der Waals surface area contributed by atoms with Crippen LogP contribution in [-0.2, 0) is 6.54 Å². The minimum Gasteiger partial charge on any atom is -0.368 e. The van der Waals surface area contributed by atoms with E-state index in [1.165, 1.54) is 0 Å². The maximum Gasteiger partial charge on any atom is 0.219 e. The van der Waals surface area contributed by atoms with Gasteiger partial charge in [0.1, 0.15) is 5.69 Å². The van der Waals surface area contributed by atoms with Crippen molar-refractivity contribution in [2.45, 2.75) is 19.6 Å². The molecule has 0 radical (unpaired) electrons. The minimum absolute atomic E-state index is 0.305. The number of nitrogens with one attached hydrogen (secondary N) is 1. The third-order valence-corrected chi connectivity index (χ3v) is 3.74. The maximum absolute atomic E-state index is 6.06. The normalized spacial score (nSPS) is 19.2. The summed E-state index contributed by atoms with van der Waals surface area (Å²) < 4.78 is 1.73. The second-order valence-electron chi connectivity index (χ2n) is 5.21. The molecule has 2 aromatic heterocycles. The minimum atomic E-state index is -0.365. The average Bonchev–Trinajstić information content (AvgIpc) is 3.13. The van der Waals surface area contributed by atoms with Crippen LogP contribution >= 0.6 is 0 Å². The summed E-state index contributed by atoms with van der Waals surface area (Å²) in [5.74, 6) is 1.64. The number of fused-ring (bicyclic) bond motifs is 3. The van der Waals surface area contributed by atoms with Crippen LogP contribution in [0.1, 0.15) is 23.1 Å². The van der Waals surface area contributed by atoms with Crippen molar-refractivity contribution in [2.24, 2.45) is 21.5 Å². The molecule has 0 aromatic carbocycles. The fourth-order valence-electron chi connectivity index (χ4n) is 2.67. The van der Waals surface area contributed by atoms with Crippen LogP contribution in [0.25, 0.3) is 0 Å². The predicted octanol–water partition coefficient (Wildman–Crippen LogP) is -0.834.